The quantitative estimate of drug-likeness (QED) is 0.631. The SMILES string of the molecule is O=C(NCCCOCCO)C1CNCc2ccccc21. The molecule has 0 spiro atoms. The fraction of sp³-hybridized carbons (Fsp3) is 0.533. The number of rotatable bonds is 7. The third kappa shape index (κ3) is 4.03. The van der Waals surface area contributed by atoms with Gasteiger partial charge in [0.2, 0.25) is 5.91 Å². The van der Waals surface area contributed by atoms with Crippen molar-refractivity contribution in [2.45, 2.75) is 18.9 Å². The zero-order valence-corrected chi connectivity index (χ0v) is 11.6. The molecule has 5 nitrogen and oxygen atoms in total. The lowest BCUT2D eigenvalue weighted by atomic mass is 9.90. The second-order valence-electron chi connectivity index (χ2n) is 4.86. The summed E-state index contributed by atoms with van der Waals surface area (Å²) < 4.78 is 5.15. The van der Waals surface area contributed by atoms with Crippen LogP contribution in [-0.2, 0) is 16.1 Å². The molecule has 1 aromatic carbocycles. The second-order valence-corrected chi connectivity index (χ2v) is 4.86. The Morgan fingerprint density at radius 2 is 2.25 bits per heavy atom. The van der Waals surface area contributed by atoms with Gasteiger partial charge < -0.3 is 20.5 Å². The van der Waals surface area contributed by atoms with Gasteiger partial charge in [-0.3, -0.25) is 4.79 Å². The smallest absolute Gasteiger partial charge is 0.228 e. The molecule has 1 amide bonds. The van der Waals surface area contributed by atoms with Gasteiger partial charge in [0.1, 0.15) is 0 Å². The van der Waals surface area contributed by atoms with Gasteiger partial charge in [-0.2, -0.15) is 0 Å². The Labute approximate surface area is 119 Å². The molecule has 0 aromatic heterocycles. The zero-order chi connectivity index (χ0) is 14.2. The van der Waals surface area contributed by atoms with Crippen LogP contribution in [0, 0.1) is 0 Å². The van der Waals surface area contributed by atoms with Crippen molar-refractivity contribution in [1.29, 1.82) is 0 Å². The van der Waals surface area contributed by atoms with E-state index >= 15 is 0 Å². The van der Waals surface area contributed by atoms with E-state index in [-0.39, 0.29) is 18.4 Å². The predicted octanol–water partition coefficient (Wildman–Crippen LogP) is 0.389. The lowest BCUT2D eigenvalue weighted by molar-refractivity contribution is -0.122. The van der Waals surface area contributed by atoms with E-state index in [1.54, 1.807) is 0 Å². The van der Waals surface area contributed by atoms with Crippen LogP contribution in [0.4, 0.5) is 0 Å². The molecule has 0 bridgehead atoms. The summed E-state index contributed by atoms with van der Waals surface area (Å²) in [4.78, 5) is 12.2. The molecule has 0 saturated carbocycles. The first-order chi connectivity index (χ1) is 9.83. The Morgan fingerprint density at radius 3 is 3.10 bits per heavy atom. The standard InChI is InChI=1S/C15H22N2O3/c18-7-9-20-8-3-6-17-15(19)14-11-16-10-12-4-1-2-5-13(12)14/h1-2,4-5,14,16,18H,3,6-11H2,(H,17,19). The highest BCUT2D eigenvalue weighted by Gasteiger charge is 2.25. The maximum atomic E-state index is 12.2. The Morgan fingerprint density at radius 1 is 1.40 bits per heavy atom. The molecule has 1 aliphatic heterocycles. The molecule has 110 valence electrons. The minimum absolute atomic E-state index is 0.0386. The van der Waals surface area contributed by atoms with E-state index in [4.69, 9.17) is 9.84 Å². The van der Waals surface area contributed by atoms with Gasteiger partial charge in [0.25, 0.3) is 0 Å². The van der Waals surface area contributed by atoms with E-state index in [0.29, 0.717) is 26.3 Å². The highest BCUT2D eigenvalue weighted by Crippen LogP contribution is 2.23. The molecular formula is C15H22N2O3. The summed E-state index contributed by atoms with van der Waals surface area (Å²) in [5.74, 6) is -0.0508. The number of nitrogens with one attached hydrogen (secondary N) is 2. The average Bonchev–Trinajstić information content (AvgIpc) is 2.50. The van der Waals surface area contributed by atoms with Crippen LogP contribution in [0.15, 0.2) is 24.3 Å². The average molecular weight is 278 g/mol. The molecular weight excluding hydrogens is 256 g/mol. The van der Waals surface area contributed by atoms with E-state index in [1.165, 1.54) is 5.56 Å². The number of fused-ring (bicyclic) bond motifs is 1. The molecule has 1 atom stereocenters. The van der Waals surface area contributed by atoms with E-state index in [1.807, 2.05) is 18.2 Å². The number of hydrogen-bond acceptors (Lipinski definition) is 4. The lowest BCUT2D eigenvalue weighted by Gasteiger charge is -2.25. The van der Waals surface area contributed by atoms with Gasteiger partial charge >= 0.3 is 0 Å². The van der Waals surface area contributed by atoms with Crippen LogP contribution < -0.4 is 10.6 Å². The topological polar surface area (TPSA) is 70.6 Å². The molecule has 2 rings (SSSR count). The van der Waals surface area contributed by atoms with E-state index in [0.717, 1.165) is 18.5 Å². The monoisotopic (exact) mass is 278 g/mol. The minimum atomic E-state index is -0.113. The third-order valence-corrected chi connectivity index (χ3v) is 3.41. The predicted molar refractivity (Wildman–Crippen MR) is 76.4 cm³/mol. The molecule has 5 heteroatoms. The van der Waals surface area contributed by atoms with Gasteiger partial charge in [0.05, 0.1) is 19.1 Å². The minimum Gasteiger partial charge on any atom is -0.394 e. The first kappa shape index (κ1) is 15.0. The Kier molecular flexibility index (Phi) is 5.98. The van der Waals surface area contributed by atoms with E-state index < -0.39 is 0 Å². The van der Waals surface area contributed by atoms with Crippen molar-refractivity contribution in [1.82, 2.24) is 10.6 Å². The van der Waals surface area contributed by atoms with Crippen molar-refractivity contribution in [3.8, 4) is 0 Å². The summed E-state index contributed by atoms with van der Waals surface area (Å²) in [6, 6.07) is 8.07. The Bertz CT molecular complexity index is 437. The maximum Gasteiger partial charge on any atom is 0.228 e. The first-order valence-corrected chi connectivity index (χ1v) is 7.07. The summed E-state index contributed by atoms with van der Waals surface area (Å²) in [5.41, 5.74) is 2.32. The number of ether oxygens (including phenoxy) is 1. The van der Waals surface area contributed by atoms with Crippen LogP contribution in [0.1, 0.15) is 23.5 Å². The molecule has 1 aliphatic rings. The number of aliphatic hydroxyl groups excluding tert-OH is 1. The normalized spacial score (nSPS) is 17.6. The van der Waals surface area contributed by atoms with E-state index in [2.05, 4.69) is 16.7 Å². The second kappa shape index (κ2) is 7.99. The van der Waals surface area contributed by atoms with Crippen molar-refractivity contribution in [2.75, 3.05) is 32.9 Å². The molecule has 1 aromatic rings. The van der Waals surface area contributed by atoms with E-state index in [9.17, 15) is 4.79 Å². The van der Waals surface area contributed by atoms with Crippen LogP contribution in [0.2, 0.25) is 0 Å². The summed E-state index contributed by atoms with van der Waals surface area (Å²) in [6.45, 7) is 3.06. The fourth-order valence-electron chi connectivity index (χ4n) is 2.41. The van der Waals surface area contributed by atoms with Crippen molar-refractivity contribution in [2.24, 2.45) is 0 Å². The highest BCUT2D eigenvalue weighted by atomic mass is 16.5. The summed E-state index contributed by atoms with van der Waals surface area (Å²) >= 11 is 0. The molecule has 20 heavy (non-hydrogen) atoms. The number of amides is 1. The van der Waals surface area contributed by atoms with Crippen LogP contribution >= 0.6 is 0 Å². The number of benzene rings is 1. The van der Waals surface area contributed by atoms with Gasteiger partial charge in [0.15, 0.2) is 0 Å². The molecule has 0 aliphatic carbocycles. The van der Waals surface area contributed by atoms with Crippen molar-refractivity contribution >= 4 is 5.91 Å². The van der Waals surface area contributed by atoms with Crippen molar-refractivity contribution < 1.29 is 14.6 Å². The molecule has 0 fully saturated rings. The van der Waals surface area contributed by atoms with Crippen LogP contribution in [0.3, 0.4) is 0 Å². The van der Waals surface area contributed by atoms with Gasteiger partial charge in [-0.15, -0.1) is 0 Å². The molecule has 0 saturated heterocycles. The summed E-state index contributed by atoms with van der Waals surface area (Å²) in [7, 11) is 0. The number of aliphatic hydroxyl groups is 1. The lowest BCUT2D eigenvalue weighted by Crippen LogP contribution is -2.39. The van der Waals surface area contributed by atoms with Gasteiger partial charge in [-0.05, 0) is 17.5 Å². The van der Waals surface area contributed by atoms with Gasteiger partial charge in [-0.25, -0.2) is 0 Å². The van der Waals surface area contributed by atoms with Crippen molar-refractivity contribution in [3.63, 3.8) is 0 Å². The number of hydrogen-bond donors (Lipinski definition) is 3. The fourth-order valence-corrected chi connectivity index (χ4v) is 2.41. The molecule has 1 unspecified atom stereocenters. The maximum absolute atomic E-state index is 12.2. The number of carbonyl (C=O) groups is 1. The Balaban J connectivity index is 1.79. The summed E-state index contributed by atoms with van der Waals surface area (Å²) in [5, 5.41) is 14.8. The van der Waals surface area contributed by atoms with Crippen LogP contribution in [0.5, 0.6) is 0 Å². The molecule has 1 heterocycles. The molecule has 0 radical (unpaired) electrons. The van der Waals surface area contributed by atoms with Gasteiger partial charge in [0, 0.05) is 26.2 Å². The first-order valence-electron chi connectivity index (χ1n) is 7.07. The summed E-state index contributed by atoms with van der Waals surface area (Å²) in [6.07, 6.45) is 0.757. The van der Waals surface area contributed by atoms with Crippen molar-refractivity contribution in [3.05, 3.63) is 35.4 Å². The molecule has 3 N–H and O–H groups in total. The largest absolute Gasteiger partial charge is 0.394 e. The third-order valence-electron chi connectivity index (χ3n) is 3.41. The number of carbonyl (C=O) groups excluding carboxylic acids is 1. The van der Waals surface area contributed by atoms with Crippen LogP contribution in [0.25, 0.3) is 0 Å². The van der Waals surface area contributed by atoms with Crippen LogP contribution in [-0.4, -0.2) is 43.9 Å². The zero-order valence-electron chi connectivity index (χ0n) is 11.6. The highest BCUT2D eigenvalue weighted by molar-refractivity contribution is 5.84. The Hall–Kier alpha value is -1.43. The van der Waals surface area contributed by atoms with Gasteiger partial charge in [-0.1, -0.05) is 24.3 Å².